The summed E-state index contributed by atoms with van der Waals surface area (Å²) >= 11 is 0. The maximum Gasteiger partial charge on any atom is 0.119 e. The number of allylic oxidation sites excluding steroid dienone is 1. The molecule has 0 saturated carbocycles. The molecular formula is C29H38N4O. The van der Waals surface area contributed by atoms with Crippen LogP contribution >= 0.6 is 0 Å². The van der Waals surface area contributed by atoms with Crippen LogP contribution in [0.2, 0.25) is 0 Å². The van der Waals surface area contributed by atoms with Crippen molar-refractivity contribution in [1.82, 2.24) is 15.2 Å². The van der Waals surface area contributed by atoms with E-state index in [2.05, 4.69) is 46.9 Å². The summed E-state index contributed by atoms with van der Waals surface area (Å²) in [4.78, 5) is 6.97. The molecule has 2 aromatic rings. The van der Waals surface area contributed by atoms with Crippen molar-refractivity contribution in [1.29, 1.82) is 5.26 Å². The lowest BCUT2D eigenvalue weighted by Gasteiger charge is -2.26. The van der Waals surface area contributed by atoms with Crippen molar-refractivity contribution in [3.63, 3.8) is 0 Å². The second kappa shape index (κ2) is 13.6. The van der Waals surface area contributed by atoms with E-state index in [-0.39, 0.29) is 6.04 Å². The molecule has 1 unspecified atom stereocenters. The summed E-state index contributed by atoms with van der Waals surface area (Å²) in [6.07, 6.45) is 8.91. The van der Waals surface area contributed by atoms with Crippen LogP contribution in [0, 0.1) is 18.3 Å². The lowest BCUT2D eigenvalue weighted by Crippen LogP contribution is -2.33. The molecule has 0 aliphatic carbocycles. The number of pyridine rings is 1. The highest BCUT2D eigenvalue weighted by molar-refractivity contribution is 5.60. The third-order valence-corrected chi connectivity index (χ3v) is 6.25. The Balaban J connectivity index is 1.62. The van der Waals surface area contributed by atoms with Crippen LogP contribution in [-0.4, -0.2) is 36.1 Å². The van der Waals surface area contributed by atoms with Crippen LogP contribution in [0.4, 0.5) is 0 Å². The van der Waals surface area contributed by atoms with Gasteiger partial charge in [-0.05, 0) is 75.2 Å². The van der Waals surface area contributed by atoms with Crippen LogP contribution in [0.3, 0.4) is 0 Å². The second-order valence-electron chi connectivity index (χ2n) is 9.01. The minimum absolute atomic E-state index is 0.0806. The molecule has 0 bridgehead atoms. The Labute approximate surface area is 205 Å². The lowest BCUT2D eigenvalue weighted by molar-refractivity contribution is 0.183. The Kier molecular flexibility index (Phi) is 10.2. The van der Waals surface area contributed by atoms with Gasteiger partial charge in [-0.1, -0.05) is 51.0 Å². The average molecular weight is 459 g/mol. The molecule has 3 rings (SSSR count). The first kappa shape index (κ1) is 25.5. The van der Waals surface area contributed by atoms with Crippen molar-refractivity contribution in [2.45, 2.75) is 58.4 Å². The third-order valence-electron chi connectivity index (χ3n) is 6.25. The maximum atomic E-state index is 9.73. The van der Waals surface area contributed by atoms with Crippen LogP contribution in [0.1, 0.15) is 68.4 Å². The van der Waals surface area contributed by atoms with E-state index in [4.69, 9.17) is 4.74 Å². The molecule has 1 aromatic heterocycles. The summed E-state index contributed by atoms with van der Waals surface area (Å²) < 4.78 is 6.00. The predicted molar refractivity (Wildman–Crippen MR) is 139 cm³/mol. The topological polar surface area (TPSA) is 61.2 Å². The molecule has 5 heteroatoms. The molecule has 2 heterocycles. The van der Waals surface area contributed by atoms with E-state index in [0.717, 1.165) is 49.6 Å². The van der Waals surface area contributed by atoms with Crippen LogP contribution in [0.5, 0.6) is 5.75 Å². The fourth-order valence-corrected chi connectivity index (χ4v) is 4.27. The number of benzene rings is 1. The van der Waals surface area contributed by atoms with Gasteiger partial charge in [0.2, 0.25) is 0 Å². The summed E-state index contributed by atoms with van der Waals surface area (Å²) in [5, 5.41) is 13.2. The molecular weight excluding hydrogens is 420 g/mol. The van der Waals surface area contributed by atoms with Crippen molar-refractivity contribution >= 4 is 6.08 Å². The number of aryl methyl sites for hydroxylation is 1. The summed E-state index contributed by atoms with van der Waals surface area (Å²) in [5.41, 5.74) is 3.97. The standard InChI is InChI=1S/C29H38N4O/c1-4-5-12-29(32-24(3)26(22-30)21-27-11-9-10-23(2)31-27)25-13-15-28(16-14-25)34-20-19-33-17-7-6-8-18-33/h9-11,13-16,21,29,32H,3-8,12,17-20H2,1-2H3/b26-21+. The molecule has 1 saturated heterocycles. The minimum atomic E-state index is 0.0806. The van der Waals surface area contributed by atoms with E-state index in [1.54, 1.807) is 6.08 Å². The zero-order valence-electron chi connectivity index (χ0n) is 20.7. The number of aromatic nitrogens is 1. The van der Waals surface area contributed by atoms with Crippen molar-refractivity contribution in [3.8, 4) is 11.8 Å². The van der Waals surface area contributed by atoms with Crippen LogP contribution < -0.4 is 10.1 Å². The van der Waals surface area contributed by atoms with Gasteiger partial charge in [0.15, 0.2) is 0 Å². The maximum absolute atomic E-state index is 9.73. The van der Waals surface area contributed by atoms with Gasteiger partial charge in [0.1, 0.15) is 18.4 Å². The SMILES string of the molecule is C=C(NC(CCCC)c1ccc(OCCN2CCCCC2)cc1)/C(C#N)=C/c1cccc(C)n1. The number of likely N-dealkylation sites (tertiary alicyclic amines) is 1. The van der Waals surface area contributed by atoms with Crippen molar-refractivity contribution in [3.05, 3.63) is 77.3 Å². The Hall–Kier alpha value is -3.10. The van der Waals surface area contributed by atoms with Crippen LogP contribution in [0.15, 0.2) is 60.3 Å². The van der Waals surface area contributed by atoms with Crippen molar-refractivity contribution in [2.75, 3.05) is 26.2 Å². The molecule has 1 fully saturated rings. The number of nitrogens with one attached hydrogen (secondary N) is 1. The summed E-state index contributed by atoms with van der Waals surface area (Å²) in [6.45, 7) is 12.4. The zero-order chi connectivity index (χ0) is 24.2. The Morgan fingerprint density at radius 1 is 1.21 bits per heavy atom. The number of piperidine rings is 1. The summed E-state index contributed by atoms with van der Waals surface area (Å²) in [5.74, 6) is 0.900. The van der Waals surface area contributed by atoms with E-state index in [1.165, 1.54) is 37.9 Å². The van der Waals surface area contributed by atoms with Crippen molar-refractivity contribution in [2.24, 2.45) is 0 Å². The normalized spacial score (nSPS) is 15.4. The lowest BCUT2D eigenvalue weighted by atomic mass is 10.00. The van der Waals surface area contributed by atoms with Gasteiger partial charge in [-0.15, -0.1) is 0 Å². The van der Waals surface area contributed by atoms with E-state index in [9.17, 15) is 5.26 Å². The quantitative estimate of drug-likeness (QED) is 0.303. The number of unbranched alkanes of at least 4 members (excludes halogenated alkanes) is 1. The molecule has 1 N–H and O–H groups in total. The Morgan fingerprint density at radius 2 is 1.97 bits per heavy atom. The fourth-order valence-electron chi connectivity index (χ4n) is 4.27. The highest BCUT2D eigenvalue weighted by atomic mass is 16.5. The Morgan fingerprint density at radius 3 is 2.65 bits per heavy atom. The van der Waals surface area contributed by atoms with Gasteiger partial charge in [-0.2, -0.15) is 5.26 Å². The average Bonchev–Trinajstić information content (AvgIpc) is 2.86. The van der Waals surface area contributed by atoms with Gasteiger partial charge < -0.3 is 10.1 Å². The van der Waals surface area contributed by atoms with Crippen LogP contribution in [-0.2, 0) is 0 Å². The van der Waals surface area contributed by atoms with Crippen LogP contribution in [0.25, 0.3) is 6.08 Å². The number of hydrogen-bond donors (Lipinski definition) is 1. The first-order chi connectivity index (χ1) is 16.6. The number of nitriles is 1. The monoisotopic (exact) mass is 458 g/mol. The smallest absolute Gasteiger partial charge is 0.119 e. The number of ether oxygens (including phenoxy) is 1. The van der Waals surface area contributed by atoms with Gasteiger partial charge in [0.25, 0.3) is 0 Å². The first-order valence-electron chi connectivity index (χ1n) is 12.6. The number of rotatable bonds is 12. The molecule has 0 spiro atoms. The Bertz CT molecular complexity index is 984. The van der Waals surface area contributed by atoms with Crippen molar-refractivity contribution < 1.29 is 4.74 Å². The minimum Gasteiger partial charge on any atom is -0.492 e. The molecule has 1 aromatic carbocycles. The molecule has 1 aliphatic rings. The summed E-state index contributed by atoms with van der Waals surface area (Å²) in [7, 11) is 0. The summed E-state index contributed by atoms with van der Waals surface area (Å²) in [6, 6.07) is 16.5. The van der Waals surface area contributed by atoms with Gasteiger partial charge in [-0.25, -0.2) is 0 Å². The molecule has 180 valence electrons. The van der Waals surface area contributed by atoms with Gasteiger partial charge in [0.05, 0.1) is 17.3 Å². The molecule has 1 aliphatic heterocycles. The van der Waals surface area contributed by atoms with E-state index in [0.29, 0.717) is 11.3 Å². The molecule has 0 amide bonds. The predicted octanol–water partition coefficient (Wildman–Crippen LogP) is 6.20. The highest BCUT2D eigenvalue weighted by Crippen LogP contribution is 2.25. The van der Waals surface area contributed by atoms with Gasteiger partial charge in [0, 0.05) is 17.9 Å². The van der Waals surface area contributed by atoms with E-state index < -0.39 is 0 Å². The zero-order valence-corrected chi connectivity index (χ0v) is 20.7. The third kappa shape index (κ3) is 8.04. The highest BCUT2D eigenvalue weighted by Gasteiger charge is 2.15. The number of hydrogen-bond acceptors (Lipinski definition) is 5. The second-order valence-corrected chi connectivity index (χ2v) is 9.01. The molecule has 1 atom stereocenters. The molecule has 5 nitrogen and oxygen atoms in total. The first-order valence-corrected chi connectivity index (χ1v) is 12.6. The van der Waals surface area contributed by atoms with E-state index >= 15 is 0 Å². The van der Waals surface area contributed by atoms with Gasteiger partial charge >= 0.3 is 0 Å². The van der Waals surface area contributed by atoms with E-state index in [1.807, 2.05) is 37.3 Å². The fraction of sp³-hybridized carbons (Fsp3) is 0.448. The van der Waals surface area contributed by atoms with Gasteiger partial charge in [-0.3, -0.25) is 9.88 Å². The largest absolute Gasteiger partial charge is 0.492 e. The molecule has 34 heavy (non-hydrogen) atoms. The number of nitrogens with zero attached hydrogens (tertiary/aromatic N) is 3. The molecule has 0 radical (unpaired) electrons.